The third kappa shape index (κ3) is 9.42. The summed E-state index contributed by atoms with van der Waals surface area (Å²) in [6.45, 7) is 8.84. The minimum Gasteiger partial charge on any atom is -0.396 e. The molecule has 1 unspecified atom stereocenters. The summed E-state index contributed by atoms with van der Waals surface area (Å²) in [5.74, 6) is 1.52. The van der Waals surface area contributed by atoms with E-state index in [0.29, 0.717) is 24.9 Å². The van der Waals surface area contributed by atoms with Gasteiger partial charge in [0, 0.05) is 38.9 Å². The lowest BCUT2D eigenvalue weighted by molar-refractivity contribution is 0.245. The first-order chi connectivity index (χ1) is 14.0. The summed E-state index contributed by atoms with van der Waals surface area (Å²) in [7, 11) is 0. The molecule has 0 aliphatic heterocycles. The van der Waals surface area contributed by atoms with Gasteiger partial charge in [-0.25, -0.2) is 9.07 Å². The monoisotopic (exact) mass is 531 g/mol. The largest absolute Gasteiger partial charge is 0.396 e. The highest BCUT2D eigenvalue weighted by Crippen LogP contribution is 2.15. The Bertz CT molecular complexity index is 748. The summed E-state index contributed by atoms with van der Waals surface area (Å²) in [4.78, 5) is 4.70. The third-order valence-electron chi connectivity index (χ3n) is 4.60. The molecule has 2 rings (SSSR count). The van der Waals surface area contributed by atoms with E-state index in [-0.39, 0.29) is 36.4 Å². The van der Waals surface area contributed by atoms with Crippen LogP contribution in [0.4, 0.5) is 4.39 Å². The number of nitrogens with one attached hydrogen (secondary N) is 2. The lowest BCUT2D eigenvalue weighted by Crippen LogP contribution is -2.38. The van der Waals surface area contributed by atoms with Gasteiger partial charge >= 0.3 is 0 Å². The number of guanidine groups is 1. The highest BCUT2D eigenvalue weighted by Gasteiger charge is 2.11. The van der Waals surface area contributed by atoms with Crippen molar-refractivity contribution in [1.82, 2.24) is 20.4 Å². The Hall–Kier alpha value is -1.68. The second kappa shape index (κ2) is 14.3. The zero-order chi connectivity index (χ0) is 21.1. The Morgan fingerprint density at radius 1 is 1.20 bits per heavy atom. The van der Waals surface area contributed by atoms with Gasteiger partial charge in [-0.05, 0) is 61.9 Å². The average molecular weight is 531 g/mol. The second-order valence-electron chi connectivity index (χ2n) is 7.63. The van der Waals surface area contributed by atoms with Crippen LogP contribution in [0, 0.1) is 17.7 Å². The molecule has 2 aromatic rings. The number of hydrogen-bond acceptors (Lipinski definition) is 3. The van der Waals surface area contributed by atoms with E-state index < -0.39 is 0 Å². The highest BCUT2D eigenvalue weighted by atomic mass is 127. The zero-order valence-electron chi connectivity index (χ0n) is 18.1. The Kier molecular flexibility index (Phi) is 12.6. The number of aliphatic hydroxyl groups excluding tert-OH is 1. The minimum atomic E-state index is -0.254. The van der Waals surface area contributed by atoms with E-state index in [9.17, 15) is 9.50 Å². The maximum absolute atomic E-state index is 13.1. The molecule has 0 bridgehead atoms. The number of aliphatic imine (C=N–C) groups is 1. The predicted octanol–water partition coefficient (Wildman–Crippen LogP) is 3.77. The molecule has 0 spiro atoms. The van der Waals surface area contributed by atoms with Crippen LogP contribution in [-0.4, -0.2) is 47.1 Å². The van der Waals surface area contributed by atoms with Crippen LogP contribution in [0.1, 0.15) is 39.3 Å². The maximum Gasteiger partial charge on any atom is 0.191 e. The van der Waals surface area contributed by atoms with E-state index in [1.165, 1.54) is 12.1 Å². The molecule has 30 heavy (non-hydrogen) atoms. The van der Waals surface area contributed by atoms with Crippen molar-refractivity contribution < 1.29 is 9.50 Å². The first kappa shape index (κ1) is 26.4. The lowest BCUT2D eigenvalue weighted by Gasteiger charge is -2.17. The number of nitrogens with zero attached hydrogens (tertiary/aromatic N) is 3. The molecular weight excluding hydrogens is 496 g/mol. The molecule has 6 nitrogen and oxygen atoms in total. The first-order valence-corrected chi connectivity index (χ1v) is 10.4. The summed E-state index contributed by atoms with van der Waals surface area (Å²) < 4.78 is 14.8. The van der Waals surface area contributed by atoms with Gasteiger partial charge in [-0.15, -0.1) is 24.0 Å². The maximum atomic E-state index is 13.1. The molecular formula is C22H35FIN5O. The normalized spacial score (nSPS) is 12.5. The van der Waals surface area contributed by atoms with Crippen LogP contribution in [0.5, 0.6) is 0 Å². The molecule has 1 heterocycles. The number of aliphatic hydroxyl groups is 1. The molecule has 1 aromatic carbocycles. The summed E-state index contributed by atoms with van der Waals surface area (Å²) in [6, 6.07) is 8.25. The van der Waals surface area contributed by atoms with Gasteiger partial charge in [0.2, 0.25) is 0 Å². The molecule has 0 saturated heterocycles. The lowest BCUT2D eigenvalue weighted by atomic mass is 9.94. The molecule has 168 valence electrons. The average Bonchev–Trinajstić information content (AvgIpc) is 3.15. The van der Waals surface area contributed by atoms with Crippen LogP contribution in [0.2, 0.25) is 0 Å². The number of halogens is 2. The molecule has 1 atom stereocenters. The number of rotatable bonds is 11. The molecule has 3 N–H and O–H groups in total. The van der Waals surface area contributed by atoms with Crippen molar-refractivity contribution in [2.24, 2.45) is 16.8 Å². The van der Waals surface area contributed by atoms with Crippen molar-refractivity contribution in [3.8, 4) is 5.69 Å². The van der Waals surface area contributed by atoms with E-state index in [2.05, 4.69) is 29.6 Å². The van der Waals surface area contributed by atoms with Gasteiger partial charge in [-0.2, -0.15) is 5.10 Å². The molecule has 0 aliphatic carbocycles. The van der Waals surface area contributed by atoms with E-state index in [4.69, 9.17) is 4.99 Å². The molecule has 0 radical (unpaired) electrons. The van der Waals surface area contributed by atoms with Crippen molar-refractivity contribution >= 4 is 29.9 Å². The fourth-order valence-electron chi connectivity index (χ4n) is 3.24. The predicted molar refractivity (Wildman–Crippen MR) is 131 cm³/mol. The van der Waals surface area contributed by atoms with Gasteiger partial charge in [-0.1, -0.05) is 13.8 Å². The fraction of sp³-hybridized carbons (Fsp3) is 0.545. The van der Waals surface area contributed by atoms with Gasteiger partial charge < -0.3 is 15.7 Å². The van der Waals surface area contributed by atoms with Crippen molar-refractivity contribution in [3.63, 3.8) is 0 Å². The summed E-state index contributed by atoms with van der Waals surface area (Å²) in [5, 5.41) is 20.5. The van der Waals surface area contributed by atoms with Gasteiger partial charge in [0.1, 0.15) is 5.82 Å². The molecule has 0 aliphatic rings. The second-order valence-corrected chi connectivity index (χ2v) is 7.63. The van der Waals surface area contributed by atoms with Gasteiger partial charge in [0.25, 0.3) is 0 Å². The topological polar surface area (TPSA) is 74.5 Å². The zero-order valence-corrected chi connectivity index (χ0v) is 20.5. The van der Waals surface area contributed by atoms with Crippen molar-refractivity contribution in [2.45, 2.75) is 40.0 Å². The van der Waals surface area contributed by atoms with Crippen molar-refractivity contribution in [3.05, 3.63) is 48.0 Å². The molecule has 0 amide bonds. The minimum absolute atomic E-state index is 0. The third-order valence-corrected chi connectivity index (χ3v) is 4.60. The standard InChI is InChI=1S/C22H34FN5O.HI/c1-4-24-22(26-16-18(11-14-29)15-17(2)3)25-12-9-20-10-13-28(27-20)21-7-5-19(23)6-8-21;/h5-8,10,13,17-18,29H,4,9,11-12,14-16H2,1-3H3,(H2,24,25,26);1H. The van der Waals surface area contributed by atoms with Crippen LogP contribution in [0.3, 0.4) is 0 Å². The van der Waals surface area contributed by atoms with Crippen molar-refractivity contribution in [2.75, 3.05) is 26.2 Å². The molecule has 0 saturated carbocycles. The van der Waals surface area contributed by atoms with E-state index >= 15 is 0 Å². The Morgan fingerprint density at radius 2 is 1.93 bits per heavy atom. The van der Waals surface area contributed by atoms with E-state index in [1.807, 2.05) is 19.2 Å². The number of hydrogen-bond donors (Lipinski definition) is 3. The summed E-state index contributed by atoms with van der Waals surface area (Å²) >= 11 is 0. The summed E-state index contributed by atoms with van der Waals surface area (Å²) in [6.07, 6.45) is 4.48. The highest BCUT2D eigenvalue weighted by molar-refractivity contribution is 14.0. The molecule has 0 fully saturated rings. The van der Waals surface area contributed by atoms with Crippen LogP contribution in [0.25, 0.3) is 5.69 Å². The Balaban J connectivity index is 0.00000450. The molecule has 1 aromatic heterocycles. The van der Waals surface area contributed by atoms with Crippen LogP contribution in [-0.2, 0) is 6.42 Å². The quantitative estimate of drug-likeness (QED) is 0.235. The van der Waals surface area contributed by atoms with E-state index in [1.54, 1.807) is 16.8 Å². The number of aromatic nitrogens is 2. The van der Waals surface area contributed by atoms with Gasteiger partial charge in [-0.3, -0.25) is 4.99 Å². The van der Waals surface area contributed by atoms with Crippen LogP contribution in [0.15, 0.2) is 41.5 Å². The van der Waals surface area contributed by atoms with Gasteiger partial charge in [0.15, 0.2) is 5.96 Å². The Labute approximate surface area is 196 Å². The van der Waals surface area contributed by atoms with E-state index in [0.717, 1.165) is 43.1 Å². The SMILES string of the molecule is CCNC(=NCC(CCO)CC(C)C)NCCc1ccn(-c2ccc(F)cc2)n1.I. The van der Waals surface area contributed by atoms with Crippen LogP contribution >= 0.6 is 24.0 Å². The fourth-order valence-corrected chi connectivity index (χ4v) is 3.24. The molecule has 8 heteroatoms. The van der Waals surface area contributed by atoms with Crippen LogP contribution < -0.4 is 10.6 Å². The van der Waals surface area contributed by atoms with Gasteiger partial charge in [0.05, 0.1) is 11.4 Å². The smallest absolute Gasteiger partial charge is 0.191 e. The van der Waals surface area contributed by atoms with Crippen molar-refractivity contribution in [1.29, 1.82) is 0 Å². The number of benzene rings is 1. The first-order valence-electron chi connectivity index (χ1n) is 10.4. The Morgan fingerprint density at radius 3 is 2.57 bits per heavy atom. The summed E-state index contributed by atoms with van der Waals surface area (Å²) in [5.41, 5.74) is 1.79.